The molecule has 0 aliphatic carbocycles. The summed E-state index contributed by atoms with van der Waals surface area (Å²) in [6, 6.07) is 31.8. The Kier molecular flexibility index (Phi) is 21.1. The van der Waals surface area contributed by atoms with Crippen molar-refractivity contribution in [3.05, 3.63) is 144 Å². The summed E-state index contributed by atoms with van der Waals surface area (Å²) in [4.78, 5) is 52.8. The van der Waals surface area contributed by atoms with Gasteiger partial charge in [-0.05, 0) is 91.4 Å². The zero-order chi connectivity index (χ0) is 52.5. The van der Waals surface area contributed by atoms with Crippen LogP contribution in [0.1, 0.15) is 69.2 Å². The third-order valence-corrected chi connectivity index (χ3v) is 13.3. The fraction of sp³-hybridized carbons (Fsp3) is 0.204. The Morgan fingerprint density at radius 2 is 1.13 bits per heavy atom. The Hall–Kier alpha value is -7.41. The first-order valence-corrected chi connectivity index (χ1v) is 25.2. The van der Waals surface area contributed by atoms with Gasteiger partial charge in [-0.15, -0.1) is 0 Å². The summed E-state index contributed by atoms with van der Waals surface area (Å²) < 4.78 is 55.5. The van der Waals surface area contributed by atoms with Gasteiger partial charge in [0.2, 0.25) is 0 Å². The monoisotopic (exact) mass is 1160 g/mol. The van der Waals surface area contributed by atoms with E-state index in [0.717, 1.165) is 56.1 Å². The molecular weight excluding hydrogens is 1110 g/mol. The summed E-state index contributed by atoms with van der Waals surface area (Å²) in [5, 5.41) is 17.9. The van der Waals surface area contributed by atoms with Gasteiger partial charge in [0.1, 0.15) is 22.8 Å². The van der Waals surface area contributed by atoms with Crippen molar-refractivity contribution in [2.75, 3.05) is 4.90 Å². The summed E-state index contributed by atoms with van der Waals surface area (Å²) in [7, 11) is 0. The molecule has 75 heavy (non-hydrogen) atoms. The maximum Gasteiger partial charge on any atom is 2.00 e. The van der Waals surface area contributed by atoms with Gasteiger partial charge in [0.05, 0.1) is 32.7 Å². The number of pyridine rings is 4. The molecule has 7 aromatic heterocycles. The number of benzene rings is 2. The van der Waals surface area contributed by atoms with Crippen LogP contribution in [0.4, 0.5) is 30.2 Å². The number of carbonyl (C=O) groups is 3. The van der Waals surface area contributed by atoms with Crippen molar-refractivity contribution in [3.63, 3.8) is 0 Å². The second kappa shape index (κ2) is 27.8. The van der Waals surface area contributed by atoms with Crippen LogP contribution < -0.4 is 24.2 Å². The number of alkyl halides is 3. The summed E-state index contributed by atoms with van der Waals surface area (Å²) >= 11 is 6.19. The van der Waals surface area contributed by atoms with Crippen LogP contribution in [0.5, 0.6) is 15.9 Å². The van der Waals surface area contributed by atoms with E-state index < -0.39 is 11.9 Å². The number of thiophene rings is 2. The molecule has 0 amide bonds. The van der Waals surface area contributed by atoms with E-state index in [2.05, 4.69) is 105 Å². The van der Waals surface area contributed by atoms with Crippen LogP contribution in [0.25, 0.3) is 59.7 Å². The molecule has 7 heterocycles. The maximum absolute atomic E-state index is 13.0. The van der Waals surface area contributed by atoms with Crippen LogP contribution in [0.2, 0.25) is 0 Å². The number of fused-ring (bicyclic) bond motifs is 2. The van der Waals surface area contributed by atoms with Crippen LogP contribution >= 0.6 is 34.9 Å². The van der Waals surface area contributed by atoms with Gasteiger partial charge < -0.3 is 34.7 Å². The van der Waals surface area contributed by atoms with Crippen molar-refractivity contribution in [1.29, 1.82) is 0 Å². The molecule has 384 valence electrons. The predicted molar refractivity (Wildman–Crippen MR) is 284 cm³/mol. The number of nitrogens with zero attached hydrogens (tertiary/aromatic N) is 8. The molecule has 0 radical (unpaired) electrons. The summed E-state index contributed by atoms with van der Waals surface area (Å²) in [5.74, 6) is 0.254. The van der Waals surface area contributed by atoms with Gasteiger partial charge in [-0.1, -0.05) is 104 Å². The van der Waals surface area contributed by atoms with Gasteiger partial charge in [0.15, 0.2) is 10.1 Å². The Morgan fingerprint density at radius 3 is 1.55 bits per heavy atom. The Morgan fingerprint density at radius 1 is 0.653 bits per heavy atom. The van der Waals surface area contributed by atoms with Crippen molar-refractivity contribution < 1.29 is 61.2 Å². The van der Waals surface area contributed by atoms with Crippen molar-refractivity contribution in [3.8, 4) is 50.0 Å². The van der Waals surface area contributed by atoms with Crippen LogP contribution in [0, 0.1) is 0 Å². The van der Waals surface area contributed by atoms with Gasteiger partial charge in [-0.3, -0.25) is 29.3 Å². The number of halogens is 3. The number of ether oxygens (including phenoxy) is 3. The van der Waals surface area contributed by atoms with E-state index in [1.807, 2.05) is 6.07 Å². The quantitative estimate of drug-likeness (QED) is 0.0231. The first-order valence-electron chi connectivity index (χ1n) is 23.1. The first kappa shape index (κ1) is 56.9. The molecule has 0 N–H and O–H groups in total. The molecule has 9 rings (SSSR count). The molecule has 14 nitrogen and oxygen atoms in total. The van der Waals surface area contributed by atoms with Gasteiger partial charge in [-0.2, -0.15) is 18.3 Å². The zero-order valence-corrected chi connectivity index (χ0v) is 44.4. The van der Waals surface area contributed by atoms with Crippen LogP contribution in [-0.4, -0.2) is 49.6 Å². The Bertz CT molecular complexity index is 3190. The molecular formula is C54H45F3N8O6RuS3. The number of isothiocyanates is 1. The van der Waals surface area contributed by atoms with Crippen molar-refractivity contribution in [2.45, 2.75) is 71.4 Å². The van der Waals surface area contributed by atoms with E-state index >= 15 is 0 Å². The molecule has 0 aliphatic rings. The number of unbranched alkanes of at least 4 members (excludes halogenated alkanes) is 4. The van der Waals surface area contributed by atoms with E-state index in [4.69, 9.17) is 24.6 Å². The SMILES string of the molecule is CCCCCc1ccc(N(c2ccc(CCCCC)cc2)c2ccc(-c3cc(C(F)(F)F)n[n-]3)nc2)cc1.O=COc1cc(-c2nccc3cc(OC=O)sc23)nc(-c2nccc3cc(OC=O)sc23)c1.[N-]=C=S.[Ru+2]. The third-order valence-electron chi connectivity index (χ3n) is 11.2. The number of carbonyl (C=O) groups excluding carboxylic acids is 3. The van der Waals surface area contributed by atoms with E-state index in [1.54, 1.807) is 61.1 Å². The van der Waals surface area contributed by atoms with Gasteiger partial charge >= 0.3 is 25.7 Å². The average Bonchev–Trinajstić information content (AvgIpc) is 4.18. The fourth-order valence-corrected chi connectivity index (χ4v) is 9.73. The molecule has 0 bridgehead atoms. The molecule has 0 saturated heterocycles. The molecule has 0 fully saturated rings. The smallest absolute Gasteiger partial charge is 0.753 e. The maximum atomic E-state index is 13.0. The van der Waals surface area contributed by atoms with E-state index in [0.29, 0.717) is 58.0 Å². The van der Waals surface area contributed by atoms with Crippen LogP contribution in [-0.2, 0) is 52.9 Å². The fourth-order valence-electron chi connectivity index (χ4n) is 7.79. The van der Waals surface area contributed by atoms with Gasteiger partial charge in [0, 0.05) is 64.5 Å². The molecule has 0 atom stereocenters. The topological polar surface area (TPSA) is 183 Å². The minimum atomic E-state index is -4.53. The van der Waals surface area contributed by atoms with Crippen molar-refractivity contribution in [2.24, 2.45) is 0 Å². The number of rotatable bonds is 20. The molecule has 0 aliphatic heterocycles. The minimum absolute atomic E-state index is 0. The zero-order valence-electron chi connectivity index (χ0n) is 40.2. The van der Waals surface area contributed by atoms with Gasteiger partial charge in [-0.25, -0.2) is 4.98 Å². The second-order valence-electron chi connectivity index (χ2n) is 16.2. The largest absolute Gasteiger partial charge is 2.00 e. The Balaban J connectivity index is 0.000000230. The van der Waals surface area contributed by atoms with Crippen LogP contribution in [0.3, 0.4) is 0 Å². The predicted octanol–water partition coefficient (Wildman–Crippen LogP) is 14.0. The number of anilines is 3. The Labute approximate surface area is 455 Å². The number of aryl methyl sites for hydroxylation is 2. The number of aromatic nitrogens is 6. The summed E-state index contributed by atoms with van der Waals surface area (Å²) in [5.41, 5.74) is 6.75. The minimum Gasteiger partial charge on any atom is -0.753 e. The van der Waals surface area contributed by atoms with E-state index in [1.165, 1.54) is 77.5 Å². The standard InChI is InChI=1S/C31H34F3N4.C22H11N3O6S2.CNS.Ru/c1-3-5-7-9-23-11-15-25(16-12-23)38(26-17-13-24(14-18-26)10-8-6-4-2)27-19-20-28(35-22-27)29-21-30(37-36-29)31(32,33)34;26-9-29-14-7-15(19-21-12(1-3-23-19)5-17(32-21)30-10-27)25-16(8-14)20-22-13(2-4-24-20)6-18(33-22)31-11-28;2-1-3;/h11-22H,3-10H2,1-2H3;1-11H;;/q-1;;-1;+2. The van der Waals surface area contributed by atoms with E-state index in [-0.39, 0.29) is 30.9 Å². The van der Waals surface area contributed by atoms with Crippen LogP contribution in [0.15, 0.2) is 122 Å². The van der Waals surface area contributed by atoms with Gasteiger partial charge in [0.25, 0.3) is 19.4 Å². The molecule has 2 aromatic carbocycles. The molecule has 0 spiro atoms. The summed E-state index contributed by atoms with van der Waals surface area (Å²) in [6.45, 7) is 5.46. The molecule has 0 unspecified atom stereocenters. The number of thiocarbonyl (C=S) groups is 1. The third kappa shape index (κ3) is 14.9. The summed E-state index contributed by atoms with van der Waals surface area (Å²) in [6.07, 6.45) is 9.63. The van der Waals surface area contributed by atoms with E-state index in [9.17, 15) is 27.6 Å². The molecule has 21 heteroatoms. The first-order chi connectivity index (χ1) is 36.0. The second-order valence-corrected chi connectivity index (χ2v) is 18.4. The number of hydrogen-bond acceptors (Lipinski definition) is 15. The number of hydrogen-bond donors (Lipinski definition) is 0. The molecule has 0 saturated carbocycles. The van der Waals surface area contributed by atoms with Crippen molar-refractivity contribution >= 4 is 96.7 Å². The van der Waals surface area contributed by atoms with Crippen molar-refractivity contribution in [1.82, 2.24) is 30.1 Å². The normalized spacial score (nSPS) is 10.7. The molecule has 9 aromatic rings. The average molecular weight is 1160 g/mol.